The van der Waals surface area contributed by atoms with Crippen molar-refractivity contribution in [3.05, 3.63) is 134 Å². The van der Waals surface area contributed by atoms with Gasteiger partial charge in [0, 0.05) is 6.42 Å². The van der Waals surface area contributed by atoms with Crippen molar-refractivity contribution in [2.75, 3.05) is 6.61 Å². The minimum atomic E-state index is -0.840. The molecule has 0 bridgehead atoms. The maximum absolute atomic E-state index is 13.1. The predicted molar refractivity (Wildman–Crippen MR) is 268 cm³/mol. The fourth-order valence-corrected chi connectivity index (χ4v) is 6.36. The van der Waals surface area contributed by atoms with E-state index >= 15 is 0 Å². The van der Waals surface area contributed by atoms with Crippen LogP contribution in [0.3, 0.4) is 0 Å². The van der Waals surface area contributed by atoms with Gasteiger partial charge in [0.1, 0.15) is 6.10 Å². The Morgan fingerprint density at radius 1 is 0.500 bits per heavy atom. The molecule has 3 N–H and O–H groups in total. The summed E-state index contributed by atoms with van der Waals surface area (Å²) in [6.45, 7) is 6.16. The topological polar surface area (TPSA) is 95.9 Å². The normalized spacial score (nSPS) is 14.5. The van der Waals surface area contributed by atoms with Crippen LogP contribution in [0.2, 0.25) is 0 Å². The standard InChI is InChI=1S/C56H89NO5/c1-4-7-10-13-16-19-22-24-26-28-29-31-33-35-38-41-44-47-52(50-55(60)57-53(51-58)54(59)48-45-42-39-36-21-18-15-12-9-6-3)62-56(61)49-46-43-40-37-34-32-30-27-25-23-20-17-14-11-8-5-2/h7-8,10-11,16-17,19-20,24-27,29,31-32,34-35,38,40,43-44,47,52-54,58-59H,4-6,9,12-15,18,21-23,28,30,33,36-37,39,41-42,45-46,48-51H2,1-3H3,(H,57,60)/b10-7-,11-8+,19-16-,20-17+,26-24-,27-25+,31-29-,34-32+,38-35-,43-40+,47-44-. The Morgan fingerprint density at radius 3 is 1.27 bits per heavy atom. The summed E-state index contributed by atoms with van der Waals surface area (Å²) in [5.74, 6) is -0.746. The van der Waals surface area contributed by atoms with E-state index < -0.39 is 18.2 Å². The number of esters is 1. The first kappa shape index (κ1) is 58.0. The Morgan fingerprint density at radius 2 is 0.871 bits per heavy atom. The summed E-state index contributed by atoms with van der Waals surface area (Å²) in [7, 11) is 0. The highest BCUT2D eigenvalue weighted by Crippen LogP contribution is 2.14. The molecule has 0 radical (unpaired) electrons. The fraction of sp³-hybridized carbons (Fsp3) is 0.571. The Balaban J connectivity index is 4.95. The predicted octanol–water partition coefficient (Wildman–Crippen LogP) is 14.7. The van der Waals surface area contributed by atoms with Gasteiger partial charge >= 0.3 is 5.97 Å². The first-order valence-electron chi connectivity index (χ1n) is 24.4. The summed E-state index contributed by atoms with van der Waals surface area (Å²) in [6.07, 6.45) is 68.3. The number of hydrogen-bond acceptors (Lipinski definition) is 5. The molecule has 0 fully saturated rings. The number of nitrogens with one attached hydrogen (secondary N) is 1. The zero-order chi connectivity index (χ0) is 45.2. The fourth-order valence-electron chi connectivity index (χ4n) is 6.36. The van der Waals surface area contributed by atoms with Crippen LogP contribution in [0.1, 0.15) is 181 Å². The molecule has 6 nitrogen and oxygen atoms in total. The summed E-state index contributed by atoms with van der Waals surface area (Å²) in [4.78, 5) is 26.0. The second-order valence-electron chi connectivity index (χ2n) is 15.7. The summed E-state index contributed by atoms with van der Waals surface area (Å²) in [6, 6.07) is -0.766. The van der Waals surface area contributed by atoms with Gasteiger partial charge in [0.05, 0.1) is 25.2 Å². The molecule has 1 amide bonds. The van der Waals surface area contributed by atoms with E-state index in [2.05, 4.69) is 135 Å². The van der Waals surface area contributed by atoms with Crippen molar-refractivity contribution in [3.63, 3.8) is 0 Å². The van der Waals surface area contributed by atoms with Gasteiger partial charge in [-0.3, -0.25) is 9.59 Å². The SMILES string of the molecule is CC/C=C\C/C=C\C/C=C\C/C=C\C/C=C\C/C=C\C(CC(=O)NC(CO)C(O)CCCCCCCCCCCC)OC(=O)CC/C=C/C/C=C/C/C=C/C/C=C/C/C=C/CC. The third-order valence-electron chi connectivity index (χ3n) is 9.98. The second kappa shape index (κ2) is 48.0. The smallest absolute Gasteiger partial charge is 0.306 e. The zero-order valence-electron chi connectivity index (χ0n) is 39.4. The number of aliphatic hydroxyl groups excluding tert-OH is 2. The molecule has 0 aromatic rings. The molecule has 0 aromatic heterocycles. The van der Waals surface area contributed by atoms with Crippen LogP contribution in [0.15, 0.2) is 134 Å². The number of aliphatic hydroxyl groups is 2. The molecule has 0 saturated heterocycles. The van der Waals surface area contributed by atoms with Crippen LogP contribution >= 0.6 is 0 Å². The van der Waals surface area contributed by atoms with Crippen molar-refractivity contribution in [2.45, 2.75) is 200 Å². The third-order valence-corrected chi connectivity index (χ3v) is 9.98. The maximum atomic E-state index is 13.1. The molecule has 0 heterocycles. The molecule has 62 heavy (non-hydrogen) atoms. The lowest BCUT2D eigenvalue weighted by molar-refractivity contribution is -0.148. The van der Waals surface area contributed by atoms with Gasteiger partial charge in [-0.15, -0.1) is 0 Å². The van der Waals surface area contributed by atoms with Crippen LogP contribution in [-0.2, 0) is 14.3 Å². The minimum absolute atomic E-state index is 0.0863. The summed E-state index contributed by atoms with van der Waals surface area (Å²) < 4.78 is 5.77. The molecule has 0 rings (SSSR count). The van der Waals surface area contributed by atoms with Gasteiger partial charge in [0.2, 0.25) is 5.91 Å². The number of allylic oxidation sites excluding steroid dienone is 21. The monoisotopic (exact) mass is 856 g/mol. The quantitative estimate of drug-likeness (QED) is 0.0323. The highest BCUT2D eigenvalue weighted by Gasteiger charge is 2.23. The molecule has 0 spiro atoms. The van der Waals surface area contributed by atoms with Crippen molar-refractivity contribution in [1.82, 2.24) is 5.32 Å². The highest BCUT2D eigenvalue weighted by molar-refractivity contribution is 5.78. The molecule has 3 atom stereocenters. The van der Waals surface area contributed by atoms with Crippen LogP contribution in [0.4, 0.5) is 0 Å². The maximum Gasteiger partial charge on any atom is 0.306 e. The molecular weight excluding hydrogens is 767 g/mol. The number of amides is 1. The van der Waals surface area contributed by atoms with Gasteiger partial charge in [0.15, 0.2) is 0 Å². The van der Waals surface area contributed by atoms with E-state index in [1.54, 1.807) is 6.08 Å². The zero-order valence-corrected chi connectivity index (χ0v) is 39.4. The number of ether oxygens (including phenoxy) is 1. The lowest BCUT2D eigenvalue weighted by Gasteiger charge is -2.23. The van der Waals surface area contributed by atoms with E-state index in [0.717, 1.165) is 83.5 Å². The van der Waals surface area contributed by atoms with Gasteiger partial charge in [-0.25, -0.2) is 0 Å². The molecule has 0 aliphatic rings. The summed E-state index contributed by atoms with van der Waals surface area (Å²) >= 11 is 0. The van der Waals surface area contributed by atoms with E-state index in [0.29, 0.717) is 19.3 Å². The Bertz CT molecular complexity index is 1370. The second-order valence-corrected chi connectivity index (χ2v) is 15.7. The van der Waals surface area contributed by atoms with Crippen LogP contribution in [0.5, 0.6) is 0 Å². The number of hydrogen-bond donors (Lipinski definition) is 3. The number of rotatable bonds is 41. The molecular formula is C56H89NO5. The first-order valence-corrected chi connectivity index (χ1v) is 24.4. The van der Waals surface area contributed by atoms with Crippen molar-refractivity contribution in [1.29, 1.82) is 0 Å². The molecule has 6 heteroatoms. The molecule has 348 valence electrons. The van der Waals surface area contributed by atoms with Gasteiger partial charge in [0.25, 0.3) is 0 Å². The Labute approximate surface area is 380 Å². The minimum Gasteiger partial charge on any atom is -0.458 e. The average molecular weight is 856 g/mol. The summed E-state index contributed by atoms with van der Waals surface area (Å²) in [5, 5.41) is 23.6. The van der Waals surface area contributed by atoms with Gasteiger partial charge < -0.3 is 20.3 Å². The number of unbranched alkanes of at least 4 members (excludes halogenated alkanes) is 9. The van der Waals surface area contributed by atoms with E-state index in [4.69, 9.17) is 4.74 Å². The van der Waals surface area contributed by atoms with Crippen molar-refractivity contribution in [2.24, 2.45) is 0 Å². The van der Waals surface area contributed by atoms with E-state index in [1.165, 1.54) is 44.9 Å². The lowest BCUT2D eigenvalue weighted by atomic mass is 10.0. The van der Waals surface area contributed by atoms with Crippen LogP contribution in [0.25, 0.3) is 0 Å². The van der Waals surface area contributed by atoms with Crippen molar-refractivity contribution >= 4 is 11.9 Å². The van der Waals surface area contributed by atoms with Crippen LogP contribution < -0.4 is 5.32 Å². The van der Waals surface area contributed by atoms with Gasteiger partial charge in [-0.2, -0.15) is 0 Å². The van der Waals surface area contributed by atoms with E-state index in [9.17, 15) is 19.8 Å². The van der Waals surface area contributed by atoms with E-state index in [-0.39, 0.29) is 31.3 Å². The van der Waals surface area contributed by atoms with Gasteiger partial charge in [-0.05, 0) is 89.5 Å². The molecule has 0 aliphatic heterocycles. The van der Waals surface area contributed by atoms with Gasteiger partial charge in [-0.1, -0.05) is 213 Å². The van der Waals surface area contributed by atoms with Crippen molar-refractivity contribution < 1.29 is 24.5 Å². The molecule has 0 aliphatic carbocycles. The highest BCUT2D eigenvalue weighted by atomic mass is 16.5. The van der Waals surface area contributed by atoms with Crippen LogP contribution in [-0.4, -0.2) is 46.9 Å². The lowest BCUT2D eigenvalue weighted by Crippen LogP contribution is -2.46. The van der Waals surface area contributed by atoms with E-state index in [1.807, 2.05) is 18.2 Å². The molecule has 0 aromatic carbocycles. The van der Waals surface area contributed by atoms with Crippen LogP contribution in [0, 0.1) is 0 Å². The Hall–Kier alpha value is -4.00. The van der Waals surface area contributed by atoms with Crippen molar-refractivity contribution in [3.8, 4) is 0 Å². The number of carbonyl (C=O) groups excluding carboxylic acids is 2. The summed E-state index contributed by atoms with van der Waals surface area (Å²) in [5.41, 5.74) is 0. The first-order chi connectivity index (χ1) is 30.5. The Kier molecular flexibility index (Phi) is 44.9. The molecule has 0 saturated carbocycles. The molecule has 3 unspecified atom stereocenters. The largest absolute Gasteiger partial charge is 0.458 e. The number of carbonyl (C=O) groups is 2. The average Bonchev–Trinajstić information content (AvgIpc) is 3.26. The third kappa shape index (κ3) is 42.7.